The quantitative estimate of drug-likeness (QED) is 0.890. The van der Waals surface area contributed by atoms with E-state index in [0.29, 0.717) is 17.2 Å². The summed E-state index contributed by atoms with van der Waals surface area (Å²) in [5, 5.41) is 0. The van der Waals surface area contributed by atoms with Gasteiger partial charge in [0.25, 0.3) is 0 Å². The number of halogens is 1. The van der Waals surface area contributed by atoms with Gasteiger partial charge in [-0.2, -0.15) is 0 Å². The Morgan fingerprint density at radius 1 is 1.53 bits per heavy atom. The Kier molecular flexibility index (Phi) is 4.58. The molecule has 3 nitrogen and oxygen atoms in total. The molecule has 86 valence electrons. The molecule has 0 radical (unpaired) electrons. The van der Waals surface area contributed by atoms with E-state index in [4.69, 9.17) is 17.3 Å². The van der Waals surface area contributed by atoms with Crippen LogP contribution in [-0.4, -0.2) is 20.4 Å². The Labute approximate surface area is 99.2 Å². The van der Waals surface area contributed by atoms with Crippen molar-refractivity contribution in [2.75, 3.05) is 12.0 Å². The fourth-order valence-electron chi connectivity index (χ4n) is 1.24. The van der Waals surface area contributed by atoms with E-state index in [2.05, 4.69) is 0 Å². The lowest BCUT2D eigenvalue weighted by molar-refractivity contribution is 0.589. The van der Waals surface area contributed by atoms with E-state index in [0.717, 1.165) is 4.88 Å². The van der Waals surface area contributed by atoms with Crippen molar-refractivity contribution in [1.29, 1.82) is 0 Å². The van der Waals surface area contributed by atoms with Gasteiger partial charge in [0, 0.05) is 22.9 Å². The smallest absolute Gasteiger partial charge is 0.147 e. The predicted molar refractivity (Wildman–Crippen MR) is 65.2 cm³/mol. The summed E-state index contributed by atoms with van der Waals surface area (Å²) >= 11 is 7.22. The average molecular weight is 268 g/mol. The molecule has 0 saturated carbocycles. The van der Waals surface area contributed by atoms with Crippen molar-refractivity contribution in [2.45, 2.75) is 18.9 Å². The highest BCUT2D eigenvalue weighted by atomic mass is 35.5. The fraction of sp³-hybridized carbons (Fsp3) is 0.556. The first kappa shape index (κ1) is 13.0. The summed E-state index contributed by atoms with van der Waals surface area (Å²) in [5.74, 6) is 0.194. The molecular formula is C9H14ClNO2S2. The Morgan fingerprint density at radius 3 is 2.67 bits per heavy atom. The molecule has 1 aromatic rings. The van der Waals surface area contributed by atoms with Gasteiger partial charge in [-0.1, -0.05) is 11.6 Å². The molecule has 0 aliphatic rings. The minimum Gasteiger partial charge on any atom is -0.323 e. The molecule has 1 aromatic heterocycles. The number of thiophene rings is 1. The van der Waals surface area contributed by atoms with Crippen LogP contribution in [0.3, 0.4) is 0 Å². The number of rotatable bonds is 5. The van der Waals surface area contributed by atoms with Crippen LogP contribution in [0.4, 0.5) is 0 Å². The van der Waals surface area contributed by atoms with Crippen molar-refractivity contribution < 1.29 is 8.42 Å². The first-order chi connectivity index (χ1) is 6.88. The molecule has 0 bridgehead atoms. The van der Waals surface area contributed by atoms with E-state index in [1.54, 1.807) is 6.07 Å². The van der Waals surface area contributed by atoms with Gasteiger partial charge in [-0.25, -0.2) is 8.42 Å². The lowest BCUT2D eigenvalue weighted by Gasteiger charge is -2.08. The highest BCUT2D eigenvalue weighted by Gasteiger charge is 2.10. The van der Waals surface area contributed by atoms with Gasteiger partial charge in [-0.15, -0.1) is 11.3 Å². The Hall–Kier alpha value is -0.100. The number of hydrogen-bond acceptors (Lipinski definition) is 4. The zero-order chi connectivity index (χ0) is 11.5. The third kappa shape index (κ3) is 4.97. The third-order valence-corrected chi connectivity index (χ3v) is 4.38. The van der Waals surface area contributed by atoms with Crippen LogP contribution in [0.2, 0.25) is 4.34 Å². The van der Waals surface area contributed by atoms with Crippen LogP contribution in [0.25, 0.3) is 0 Å². The maximum absolute atomic E-state index is 10.9. The Balaban J connectivity index is 2.40. The summed E-state index contributed by atoms with van der Waals surface area (Å²) in [6.45, 7) is 0. The first-order valence-corrected chi connectivity index (χ1v) is 7.82. The van der Waals surface area contributed by atoms with Crippen LogP contribution in [0.15, 0.2) is 12.1 Å². The predicted octanol–water partition coefficient (Wildman–Crippen LogP) is 2.23. The second kappa shape index (κ2) is 5.30. The van der Waals surface area contributed by atoms with Crippen molar-refractivity contribution in [2.24, 2.45) is 5.73 Å². The van der Waals surface area contributed by atoms with Crippen molar-refractivity contribution in [1.82, 2.24) is 0 Å². The van der Waals surface area contributed by atoms with Gasteiger partial charge in [-0.05, 0) is 25.0 Å². The van der Waals surface area contributed by atoms with Gasteiger partial charge in [0.2, 0.25) is 0 Å². The molecule has 0 saturated heterocycles. The van der Waals surface area contributed by atoms with Crippen LogP contribution >= 0.6 is 22.9 Å². The normalized spacial score (nSPS) is 14.1. The molecule has 0 amide bonds. The maximum atomic E-state index is 10.9. The van der Waals surface area contributed by atoms with Gasteiger partial charge >= 0.3 is 0 Å². The van der Waals surface area contributed by atoms with E-state index in [1.807, 2.05) is 6.07 Å². The van der Waals surface area contributed by atoms with E-state index in [1.165, 1.54) is 17.6 Å². The summed E-state index contributed by atoms with van der Waals surface area (Å²) in [6.07, 6.45) is 2.50. The standard InChI is InChI=1S/C9H14ClNO2S2/c1-15(12,13)6-2-3-7(11)8-4-5-9(10)14-8/h4-5,7H,2-3,6,11H2,1H3. The molecule has 0 aliphatic heterocycles. The topological polar surface area (TPSA) is 60.2 Å². The van der Waals surface area contributed by atoms with Crippen molar-refractivity contribution >= 4 is 32.8 Å². The van der Waals surface area contributed by atoms with Crippen LogP contribution < -0.4 is 5.73 Å². The summed E-state index contributed by atoms with van der Waals surface area (Å²) in [7, 11) is -2.87. The largest absolute Gasteiger partial charge is 0.323 e. The van der Waals surface area contributed by atoms with Crippen LogP contribution in [0.5, 0.6) is 0 Å². The van der Waals surface area contributed by atoms with E-state index in [9.17, 15) is 8.42 Å². The molecule has 2 N–H and O–H groups in total. The molecule has 1 rings (SSSR count). The highest BCUT2D eigenvalue weighted by molar-refractivity contribution is 7.90. The molecule has 0 aromatic carbocycles. The molecule has 0 spiro atoms. The molecule has 1 unspecified atom stereocenters. The molecular weight excluding hydrogens is 254 g/mol. The summed E-state index contributed by atoms with van der Waals surface area (Å²) in [4.78, 5) is 1.01. The van der Waals surface area contributed by atoms with Crippen molar-refractivity contribution in [3.63, 3.8) is 0 Å². The summed E-state index contributed by atoms with van der Waals surface area (Å²) in [5.41, 5.74) is 5.89. The SMILES string of the molecule is CS(=O)(=O)CCCC(N)c1ccc(Cl)s1. The number of hydrogen-bond donors (Lipinski definition) is 1. The van der Waals surface area contributed by atoms with Gasteiger partial charge in [0.1, 0.15) is 9.84 Å². The molecule has 0 fully saturated rings. The summed E-state index contributed by atoms with van der Waals surface area (Å²) in [6, 6.07) is 3.58. The second-order valence-corrected chi connectivity index (χ2v) is 7.53. The zero-order valence-corrected chi connectivity index (χ0v) is 10.8. The first-order valence-electron chi connectivity index (χ1n) is 4.57. The van der Waals surface area contributed by atoms with Gasteiger partial charge in [-0.3, -0.25) is 0 Å². The third-order valence-electron chi connectivity index (χ3n) is 1.99. The van der Waals surface area contributed by atoms with E-state index < -0.39 is 9.84 Å². The Morgan fingerprint density at radius 2 is 2.20 bits per heavy atom. The maximum Gasteiger partial charge on any atom is 0.147 e. The highest BCUT2D eigenvalue weighted by Crippen LogP contribution is 2.27. The van der Waals surface area contributed by atoms with E-state index >= 15 is 0 Å². The summed E-state index contributed by atoms with van der Waals surface area (Å²) < 4.78 is 22.5. The fourth-order valence-corrected chi connectivity index (χ4v) is 3.02. The molecule has 1 atom stereocenters. The molecule has 0 aliphatic carbocycles. The van der Waals surface area contributed by atoms with Crippen LogP contribution in [-0.2, 0) is 9.84 Å². The van der Waals surface area contributed by atoms with Crippen molar-refractivity contribution in [3.8, 4) is 0 Å². The van der Waals surface area contributed by atoms with Crippen LogP contribution in [0, 0.1) is 0 Å². The molecule has 6 heteroatoms. The van der Waals surface area contributed by atoms with Gasteiger partial charge in [0.15, 0.2) is 0 Å². The zero-order valence-electron chi connectivity index (χ0n) is 8.44. The van der Waals surface area contributed by atoms with Crippen molar-refractivity contribution in [3.05, 3.63) is 21.3 Å². The molecule has 15 heavy (non-hydrogen) atoms. The van der Waals surface area contributed by atoms with Gasteiger partial charge in [0.05, 0.1) is 4.34 Å². The minimum atomic E-state index is -2.87. The lowest BCUT2D eigenvalue weighted by atomic mass is 10.1. The van der Waals surface area contributed by atoms with E-state index in [-0.39, 0.29) is 11.8 Å². The lowest BCUT2D eigenvalue weighted by Crippen LogP contribution is -2.11. The minimum absolute atomic E-state index is 0.107. The number of nitrogens with two attached hydrogens (primary N) is 1. The Bertz CT molecular complexity index is 414. The second-order valence-electron chi connectivity index (χ2n) is 3.52. The molecule has 1 heterocycles. The van der Waals surface area contributed by atoms with Gasteiger partial charge < -0.3 is 5.73 Å². The number of sulfone groups is 1. The average Bonchev–Trinajstić information content (AvgIpc) is 2.49. The monoisotopic (exact) mass is 267 g/mol. The van der Waals surface area contributed by atoms with Crippen LogP contribution in [0.1, 0.15) is 23.8 Å².